The van der Waals surface area contributed by atoms with Crippen LogP contribution >= 0.6 is 0 Å². The Morgan fingerprint density at radius 2 is 1.38 bits per heavy atom. The van der Waals surface area contributed by atoms with E-state index in [1.807, 2.05) is 0 Å². The molecule has 0 aliphatic carbocycles. The normalized spacial score (nSPS) is 14.0. The summed E-state index contributed by atoms with van der Waals surface area (Å²) in [6.07, 6.45) is -2.55. The summed E-state index contributed by atoms with van der Waals surface area (Å²) in [6.45, 7) is 0.216. The van der Waals surface area contributed by atoms with Crippen molar-refractivity contribution in [2.75, 3.05) is 26.4 Å². The van der Waals surface area contributed by atoms with Crippen LogP contribution in [0.3, 0.4) is 0 Å². The lowest BCUT2D eigenvalue weighted by molar-refractivity contribution is -0.0442. The fourth-order valence-electron chi connectivity index (χ4n) is 2.48. The number of benzene rings is 1. The van der Waals surface area contributed by atoms with Crippen LogP contribution in [-0.2, 0) is 4.74 Å². The Kier molecular flexibility index (Phi) is 7.67. The number of hydrogen-bond acceptors (Lipinski definition) is 8. The number of aliphatic hydroxyl groups excluding tert-OH is 5. The van der Waals surface area contributed by atoms with E-state index in [-0.39, 0.29) is 22.3 Å². The van der Waals surface area contributed by atoms with Crippen LogP contribution in [0.2, 0.25) is 0 Å². The SMILES string of the molecule is CC(O)c1c(C(=O)O)ccc(C(=O)OCC(CO)(CO)CO)c1C(C)O. The zero-order valence-corrected chi connectivity index (χ0v) is 14.5. The highest BCUT2D eigenvalue weighted by Gasteiger charge is 2.32. The van der Waals surface area contributed by atoms with Crippen molar-refractivity contribution in [1.82, 2.24) is 0 Å². The molecule has 9 nitrogen and oxygen atoms in total. The molecule has 0 bridgehead atoms. The lowest BCUT2D eigenvalue weighted by Gasteiger charge is -2.27. The van der Waals surface area contributed by atoms with E-state index in [0.717, 1.165) is 12.1 Å². The molecular weight excluding hydrogens is 348 g/mol. The van der Waals surface area contributed by atoms with Crippen LogP contribution in [0.1, 0.15) is 57.9 Å². The van der Waals surface area contributed by atoms with E-state index in [1.54, 1.807) is 0 Å². The van der Waals surface area contributed by atoms with E-state index in [0.29, 0.717) is 0 Å². The quantitative estimate of drug-likeness (QED) is 0.317. The Bertz CT molecular complexity index is 640. The van der Waals surface area contributed by atoms with Gasteiger partial charge in [0.1, 0.15) is 6.61 Å². The van der Waals surface area contributed by atoms with Gasteiger partial charge in [0.15, 0.2) is 0 Å². The third-order valence-electron chi connectivity index (χ3n) is 4.09. The first-order valence-electron chi connectivity index (χ1n) is 7.90. The summed E-state index contributed by atoms with van der Waals surface area (Å²) in [7, 11) is 0. The maximum Gasteiger partial charge on any atom is 0.338 e. The van der Waals surface area contributed by atoms with E-state index in [9.17, 15) is 40.2 Å². The predicted octanol–water partition coefficient (Wildman–Crippen LogP) is -0.389. The summed E-state index contributed by atoms with van der Waals surface area (Å²) in [5, 5.41) is 57.0. The average Bonchev–Trinajstić information content (AvgIpc) is 2.61. The Hall–Kier alpha value is -2.04. The minimum absolute atomic E-state index is 0.0903. The first kappa shape index (κ1) is 22.0. The molecule has 6 N–H and O–H groups in total. The Morgan fingerprint density at radius 3 is 1.77 bits per heavy atom. The highest BCUT2D eigenvalue weighted by atomic mass is 16.5. The second-order valence-corrected chi connectivity index (χ2v) is 6.20. The average molecular weight is 372 g/mol. The zero-order valence-electron chi connectivity index (χ0n) is 14.5. The Balaban J connectivity index is 3.33. The van der Waals surface area contributed by atoms with E-state index >= 15 is 0 Å². The molecule has 0 radical (unpaired) electrons. The first-order valence-corrected chi connectivity index (χ1v) is 7.90. The molecule has 1 aromatic carbocycles. The van der Waals surface area contributed by atoms with Crippen LogP contribution in [-0.4, -0.2) is 69.0 Å². The van der Waals surface area contributed by atoms with Gasteiger partial charge in [0.25, 0.3) is 0 Å². The van der Waals surface area contributed by atoms with Gasteiger partial charge in [-0.3, -0.25) is 0 Å². The summed E-state index contributed by atoms with van der Waals surface area (Å²) in [4.78, 5) is 23.8. The van der Waals surface area contributed by atoms with Crippen molar-refractivity contribution < 1.29 is 45.0 Å². The van der Waals surface area contributed by atoms with Gasteiger partial charge in [0.2, 0.25) is 0 Å². The fraction of sp³-hybridized carbons (Fsp3) is 0.529. The van der Waals surface area contributed by atoms with Gasteiger partial charge in [0.05, 0.1) is 48.6 Å². The van der Waals surface area contributed by atoms with Crippen LogP contribution in [0.15, 0.2) is 12.1 Å². The van der Waals surface area contributed by atoms with E-state index in [2.05, 4.69) is 0 Å². The van der Waals surface area contributed by atoms with Crippen LogP contribution in [0.4, 0.5) is 0 Å². The number of rotatable bonds is 9. The highest BCUT2D eigenvalue weighted by Crippen LogP contribution is 2.31. The van der Waals surface area contributed by atoms with E-state index in [1.165, 1.54) is 13.8 Å². The minimum Gasteiger partial charge on any atom is -0.478 e. The van der Waals surface area contributed by atoms with Crippen LogP contribution in [0.5, 0.6) is 0 Å². The maximum absolute atomic E-state index is 12.4. The molecule has 146 valence electrons. The number of esters is 1. The molecule has 0 amide bonds. The van der Waals surface area contributed by atoms with Gasteiger partial charge in [-0.2, -0.15) is 0 Å². The number of ether oxygens (including phenoxy) is 1. The minimum atomic E-state index is -1.44. The van der Waals surface area contributed by atoms with Crippen LogP contribution in [0.25, 0.3) is 0 Å². The predicted molar refractivity (Wildman–Crippen MR) is 88.6 cm³/mol. The third kappa shape index (κ3) is 4.57. The summed E-state index contributed by atoms with van der Waals surface area (Å²) in [6, 6.07) is 2.27. The second-order valence-electron chi connectivity index (χ2n) is 6.20. The lowest BCUT2D eigenvalue weighted by atomic mass is 9.89. The molecule has 0 aliphatic rings. The number of aromatic carboxylic acids is 1. The van der Waals surface area contributed by atoms with Crippen LogP contribution in [0, 0.1) is 5.41 Å². The van der Waals surface area contributed by atoms with Crippen molar-refractivity contribution in [2.24, 2.45) is 5.41 Å². The van der Waals surface area contributed by atoms with Gasteiger partial charge in [-0.05, 0) is 26.0 Å². The van der Waals surface area contributed by atoms with Crippen LogP contribution < -0.4 is 0 Å². The molecule has 2 unspecified atom stereocenters. The number of carbonyl (C=O) groups is 2. The molecule has 0 spiro atoms. The largest absolute Gasteiger partial charge is 0.478 e. The fourth-order valence-corrected chi connectivity index (χ4v) is 2.48. The summed E-state index contributed by atoms with van der Waals surface area (Å²) < 4.78 is 5.03. The molecule has 26 heavy (non-hydrogen) atoms. The van der Waals surface area contributed by atoms with Gasteiger partial charge in [-0.15, -0.1) is 0 Å². The van der Waals surface area contributed by atoms with Crippen molar-refractivity contribution >= 4 is 11.9 Å². The molecule has 0 fully saturated rings. The first-order chi connectivity index (χ1) is 12.1. The summed E-state index contributed by atoms with van der Waals surface area (Å²) >= 11 is 0. The van der Waals surface area contributed by atoms with Gasteiger partial charge in [0, 0.05) is 11.1 Å². The molecule has 0 saturated heterocycles. The number of carboxylic acid groups (broad SMARTS) is 1. The van der Waals surface area contributed by atoms with Gasteiger partial charge in [-0.25, -0.2) is 9.59 Å². The van der Waals surface area contributed by atoms with Gasteiger partial charge >= 0.3 is 11.9 Å². The topological polar surface area (TPSA) is 165 Å². The summed E-state index contributed by atoms with van der Waals surface area (Å²) in [5.41, 5.74) is -2.06. The number of aliphatic hydroxyl groups is 5. The van der Waals surface area contributed by atoms with Gasteiger partial charge in [-0.1, -0.05) is 0 Å². The van der Waals surface area contributed by atoms with Crippen molar-refractivity contribution in [1.29, 1.82) is 0 Å². The van der Waals surface area contributed by atoms with Crippen molar-refractivity contribution in [3.63, 3.8) is 0 Å². The monoisotopic (exact) mass is 372 g/mol. The van der Waals surface area contributed by atoms with E-state index < -0.39 is 56.0 Å². The van der Waals surface area contributed by atoms with Crippen molar-refractivity contribution in [3.8, 4) is 0 Å². The molecule has 1 rings (SSSR count). The van der Waals surface area contributed by atoms with Crippen molar-refractivity contribution in [2.45, 2.75) is 26.1 Å². The summed E-state index contributed by atoms with van der Waals surface area (Å²) in [5.74, 6) is -2.29. The third-order valence-corrected chi connectivity index (χ3v) is 4.09. The van der Waals surface area contributed by atoms with Gasteiger partial charge < -0.3 is 35.4 Å². The number of hydrogen-bond donors (Lipinski definition) is 6. The molecule has 0 saturated carbocycles. The van der Waals surface area contributed by atoms with E-state index in [4.69, 9.17) is 4.74 Å². The molecule has 0 aromatic heterocycles. The number of carbonyl (C=O) groups excluding carboxylic acids is 1. The second kappa shape index (κ2) is 9.06. The zero-order chi connectivity index (χ0) is 20.1. The molecule has 1 aromatic rings. The molecular formula is C17H24O9. The van der Waals surface area contributed by atoms with Crippen molar-refractivity contribution in [3.05, 3.63) is 34.4 Å². The molecule has 0 heterocycles. The smallest absolute Gasteiger partial charge is 0.338 e. The Morgan fingerprint density at radius 1 is 0.962 bits per heavy atom. The molecule has 0 aliphatic heterocycles. The standard InChI is InChI=1S/C17H24O9/c1-9(21)13-11(15(23)24)3-4-12(14(13)10(2)22)16(25)26-8-17(5-18,6-19)7-20/h3-4,9-10,18-22H,5-8H2,1-2H3,(H,23,24). The Labute approximate surface area is 150 Å². The molecule has 9 heteroatoms. The highest BCUT2D eigenvalue weighted by molar-refractivity contribution is 5.96. The lowest BCUT2D eigenvalue weighted by Crippen LogP contribution is -2.39. The molecule has 2 atom stereocenters. The number of carboxylic acids is 1. The maximum atomic E-state index is 12.4.